The van der Waals surface area contributed by atoms with Gasteiger partial charge >= 0.3 is 0 Å². The maximum absolute atomic E-state index is 10.5. The second kappa shape index (κ2) is 3.08. The van der Waals surface area contributed by atoms with Gasteiger partial charge in [0, 0.05) is 12.0 Å². The summed E-state index contributed by atoms with van der Waals surface area (Å²) in [6.07, 6.45) is 0.771. The number of carbonyl (C=O) groups is 1. The quantitative estimate of drug-likeness (QED) is 0.502. The van der Waals surface area contributed by atoms with Gasteiger partial charge in [0.05, 0.1) is 12.2 Å². The summed E-state index contributed by atoms with van der Waals surface area (Å²) in [5.41, 5.74) is 0.662. The molecule has 14 heavy (non-hydrogen) atoms. The topological polar surface area (TPSA) is 66.8 Å². The third-order valence-corrected chi connectivity index (χ3v) is 2.28. The van der Waals surface area contributed by atoms with Gasteiger partial charge in [0.15, 0.2) is 5.79 Å². The van der Waals surface area contributed by atoms with Gasteiger partial charge in [0.2, 0.25) is 0 Å². The van der Waals surface area contributed by atoms with Crippen molar-refractivity contribution in [3.05, 3.63) is 29.3 Å². The fourth-order valence-corrected chi connectivity index (χ4v) is 1.50. The van der Waals surface area contributed by atoms with Crippen molar-refractivity contribution in [1.82, 2.24) is 0 Å². The first-order chi connectivity index (χ1) is 6.63. The van der Waals surface area contributed by atoms with Crippen molar-refractivity contribution in [3.63, 3.8) is 0 Å². The highest BCUT2D eigenvalue weighted by atomic mass is 16.5. The monoisotopic (exact) mass is 194 g/mol. The van der Waals surface area contributed by atoms with Crippen LogP contribution < -0.4 is 4.74 Å². The standard InChI is InChI=1S/C10H10O4/c11-6-7-1-2-9-8(5-7)10(12,13)3-4-14-9/h1-2,5-6,12-13H,3-4H2. The number of aldehydes is 1. The molecule has 0 unspecified atom stereocenters. The molecule has 0 atom stereocenters. The second-order valence-electron chi connectivity index (χ2n) is 3.29. The lowest BCUT2D eigenvalue weighted by Crippen LogP contribution is -2.32. The number of fused-ring (bicyclic) bond motifs is 1. The molecule has 4 nitrogen and oxygen atoms in total. The summed E-state index contributed by atoms with van der Waals surface area (Å²) < 4.78 is 5.22. The van der Waals surface area contributed by atoms with E-state index in [2.05, 4.69) is 0 Å². The average molecular weight is 194 g/mol. The minimum absolute atomic E-state index is 0.113. The van der Waals surface area contributed by atoms with Gasteiger partial charge < -0.3 is 14.9 Å². The lowest BCUT2D eigenvalue weighted by molar-refractivity contribution is -0.187. The molecule has 4 heteroatoms. The van der Waals surface area contributed by atoms with E-state index in [0.717, 1.165) is 0 Å². The summed E-state index contributed by atoms with van der Waals surface area (Å²) in [6.45, 7) is 0.264. The highest BCUT2D eigenvalue weighted by Crippen LogP contribution is 2.35. The lowest BCUT2D eigenvalue weighted by Gasteiger charge is -2.29. The summed E-state index contributed by atoms with van der Waals surface area (Å²) in [5, 5.41) is 19.2. The molecule has 1 aromatic rings. The Morgan fingerprint density at radius 2 is 2.21 bits per heavy atom. The molecule has 0 aliphatic carbocycles. The zero-order chi connectivity index (χ0) is 10.2. The van der Waals surface area contributed by atoms with Crippen LogP contribution in [0.5, 0.6) is 5.75 Å². The number of ether oxygens (including phenoxy) is 1. The van der Waals surface area contributed by atoms with Gasteiger partial charge in [-0.05, 0) is 18.2 Å². The second-order valence-corrected chi connectivity index (χ2v) is 3.29. The van der Waals surface area contributed by atoms with Crippen LogP contribution in [0.3, 0.4) is 0 Å². The largest absolute Gasteiger partial charge is 0.493 e. The van der Waals surface area contributed by atoms with Crippen LogP contribution in [-0.4, -0.2) is 23.1 Å². The summed E-state index contributed by atoms with van der Waals surface area (Å²) >= 11 is 0. The molecule has 0 spiro atoms. The average Bonchev–Trinajstić information content (AvgIpc) is 2.17. The minimum atomic E-state index is -1.88. The van der Waals surface area contributed by atoms with Crippen molar-refractivity contribution in [2.24, 2.45) is 0 Å². The Labute approximate surface area is 80.7 Å². The third kappa shape index (κ3) is 1.38. The Bertz CT molecular complexity index is 370. The highest BCUT2D eigenvalue weighted by Gasteiger charge is 2.33. The molecule has 1 aromatic carbocycles. The fraction of sp³-hybridized carbons (Fsp3) is 0.300. The van der Waals surface area contributed by atoms with Crippen LogP contribution in [-0.2, 0) is 5.79 Å². The molecule has 1 aliphatic heterocycles. The molecule has 2 N–H and O–H groups in total. The van der Waals surface area contributed by atoms with Gasteiger partial charge in [-0.3, -0.25) is 4.79 Å². The molecule has 74 valence electrons. The van der Waals surface area contributed by atoms with E-state index in [9.17, 15) is 15.0 Å². The zero-order valence-electron chi connectivity index (χ0n) is 7.43. The molecule has 0 amide bonds. The molecular formula is C10H10O4. The molecule has 1 heterocycles. The Hall–Kier alpha value is -1.39. The molecule has 2 rings (SSSR count). The maximum Gasteiger partial charge on any atom is 0.196 e. The van der Waals surface area contributed by atoms with Crippen LogP contribution in [0, 0.1) is 0 Å². The van der Waals surface area contributed by atoms with Gasteiger partial charge in [-0.25, -0.2) is 0 Å². The number of aliphatic hydroxyl groups is 2. The van der Waals surface area contributed by atoms with Gasteiger partial charge in [-0.1, -0.05) is 0 Å². The summed E-state index contributed by atoms with van der Waals surface area (Å²) in [7, 11) is 0. The number of rotatable bonds is 1. The fourth-order valence-electron chi connectivity index (χ4n) is 1.50. The van der Waals surface area contributed by atoms with E-state index in [-0.39, 0.29) is 18.6 Å². The number of hydrogen-bond acceptors (Lipinski definition) is 4. The van der Waals surface area contributed by atoms with Crippen molar-refractivity contribution in [1.29, 1.82) is 0 Å². The number of carbonyl (C=O) groups excluding carboxylic acids is 1. The molecule has 0 radical (unpaired) electrons. The zero-order valence-corrected chi connectivity index (χ0v) is 7.43. The van der Waals surface area contributed by atoms with E-state index in [1.54, 1.807) is 12.1 Å². The summed E-state index contributed by atoms with van der Waals surface area (Å²) in [5.74, 6) is -1.46. The van der Waals surface area contributed by atoms with Crippen LogP contribution in [0.2, 0.25) is 0 Å². The molecule has 0 fully saturated rings. The van der Waals surface area contributed by atoms with Crippen LogP contribution in [0.25, 0.3) is 0 Å². The van der Waals surface area contributed by atoms with Crippen molar-refractivity contribution in [3.8, 4) is 5.75 Å². The molecule has 0 saturated carbocycles. The summed E-state index contributed by atoms with van der Waals surface area (Å²) in [4.78, 5) is 10.5. The Balaban J connectivity index is 2.54. The molecule has 1 aliphatic rings. The van der Waals surface area contributed by atoms with E-state index in [1.807, 2.05) is 0 Å². The van der Waals surface area contributed by atoms with Crippen LogP contribution in [0.15, 0.2) is 18.2 Å². The molecular weight excluding hydrogens is 184 g/mol. The van der Waals surface area contributed by atoms with E-state index >= 15 is 0 Å². The van der Waals surface area contributed by atoms with E-state index < -0.39 is 5.79 Å². The van der Waals surface area contributed by atoms with Crippen LogP contribution in [0.4, 0.5) is 0 Å². The lowest BCUT2D eigenvalue weighted by atomic mass is 9.98. The Morgan fingerprint density at radius 1 is 1.43 bits per heavy atom. The Morgan fingerprint density at radius 3 is 2.93 bits per heavy atom. The number of hydrogen-bond donors (Lipinski definition) is 2. The third-order valence-electron chi connectivity index (χ3n) is 2.28. The minimum Gasteiger partial charge on any atom is -0.493 e. The number of benzene rings is 1. The summed E-state index contributed by atoms with van der Waals surface area (Å²) in [6, 6.07) is 4.58. The SMILES string of the molecule is O=Cc1ccc2c(c1)C(O)(O)CCO2. The van der Waals surface area contributed by atoms with E-state index in [4.69, 9.17) is 4.74 Å². The highest BCUT2D eigenvalue weighted by molar-refractivity contribution is 5.75. The first kappa shape index (κ1) is 9.18. The van der Waals surface area contributed by atoms with Crippen molar-refractivity contribution in [2.75, 3.05) is 6.61 Å². The van der Waals surface area contributed by atoms with Crippen molar-refractivity contribution >= 4 is 6.29 Å². The predicted molar refractivity (Wildman–Crippen MR) is 48.1 cm³/mol. The van der Waals surface area contributed by atoms with Crippen LogP contribution in [0.1, 0.15) is 22.3 Å². The van der Waals surface area contributed by atoms with Gasteiger partial charge in [-0.15, -0.1) is 0 Å². The molecule has 0 aromatic heterocycles. The van der Waals surface area contributed by atoms with Gasteiger partial charge in [0.25, 0.3) is 0 Å². The van der Waals surface area contributed by atoms with Gasteiger partial charge in [0.1, 0.15) is 12.0 Å². The van der Waals surface area contributed by atoms with Gasteiger partial charge in [-0.2, -0.15) is 0 Å². The Kier molecular flexibility index (Phi) is 2.02. The first-order valence-corrected chi connectivity index (χ1v) is 4.31. The van der Waals surface area contributed by atoms with Crippen molar-refractivity contribution in [2.45, 2.75) is 12.2 Å². The van der Waals surface area contributed by atoms with E-state index in [0.29, 0.717) is 17.6 Å². The van der Waals surface area contributed by atoms with Crippen LogP contribution >= 0.6 is 0 Å². The van der Waals surface area contributed by atoms with E-state index in [1.165, 1.54) is 6.07 Å². The first-order valence-electron chi connectivity index (χ1n) is 4.31. The normalized spacial score (nSPS) is 18.1. The molecule has 0 bridgehead atoms. The van der Waals surface area contributed by atoms with Crippen molar-refractivity contribution < 1.29 is 19.7 Å². The maximum atomic E-state index is 10.5. The predicted octanol–water partition coefficient (Wildman–Crippen LogP) is 0.419. The molecule has 0 saturated heterocycles. The smallest absolute Gasteiger partial charge is 0.196 e.